The fourth-order valence-corrected chi connectivity index (χ4v) is 1.85. The third-order valence-corrected chi connectivity index (χ3v) is 2.79. The molecule has 1 amide bonds. The summed E-state index contributed by atoms with van der Waals surface area (Å²) in [5.74, 6) is 0.237. The van der Waals surface area contributed by atoms with E-state index in [0.717, 1.165) is 19.4 Å². The Hall–Kier alpha value is -0.570. The highest BCUT2D eigenvalue weighted by molar-refractivity contribution is 5.77. The first-order chi connectivity index (χ1) is 5.64. The Kier molecular flexibility index (Phi) is 2.73. The zero-order chi connectivity index (χ0) is 9.19. The van der Waals surface area contributed by atoms with Crippen molar-refractivity contribution in [2.45, 2.75) is 38.6 Å². The molecule has 0 aliphatic carbocycles. The van der Waals surface area contributed by atoms with Crippen molar-refractivity contribution < 1.29 is 4.79 Å². The molecule has 3 heteroatoms. The second-order valence-electron chi connectivity index (χ2n) is 3.70. The Labute approximate surface area is 73.9 Å². The molecule has 2 N–H and O–H groups in total. The van der Waals surface area contributed by atoms with Crippen molar-refractivity contribution in [1.29, 1.82) is 0 Å². The lowest BCUT2D eigenvalue weighted by Gasteiger charge is -2.34. The van der Waals surface area contributed by atoms with Gasteiger partial charge >= 0.3 is 0 Å². The van der Waals surface area contributed by atoms with E-state index in [-0.39, 0.29) is 11.4 Å². The van der Waals surface area contributed by atoms with Gasteiger partial charge in [0, 0.05) is 19.5 Å². The average Bonchev–Trinajstić information content (AvgIpc) is 2.47. The highest BCUT2D eigenvalue weighted by atomic mass is 16.2. The van der Waals surface area contributed by atoms with Gasteiger partial charge in [-0.25, -0.2) is 0 Å². The second-order valence-corrected chi connectivity index (χ2v) is 3.70. The number of rotatable bonds is 2. The highest BCUT2D eigenvalue weighted by Crippen LogP contribution is 2.28. The zero-order valence-electron chi connectivity index (χ0n) is 7.97. The molecule has 0 aromatic heterocycles. The molecular weight excluding hydrogens is 152 g/mol. The summed E-state index contributed by atoms with van der Waals surface area (Å²) in [7, 11) is 0. The van der Waals surface area contributed by atoms with Crippen LogP contribution < -0.4 is 5.73 Å². The van der Waals surface area contributed by atoms with Gasteiger partial charge in [0.2, 0.25) is 5.91 Å². The molecule has 1 aliphatic heterocycles. The van der Waals surface area contributed by atoms with Crippen molar-refractivity contribution in [3.05, 3.63) is 0 Å². The Morgan fingerprint density at radius 2 is 2.33 bits per heavy atom. The molecule has 0 radical (unpaired) electrons. The Bertz CT molecular complexity index is 181. The van der Waals surface area contributed by atoms with Crippen LogP contribution in [0, 0.1) is 0 Å². The molecule has 0 aromatic rings. The van der Waals surface area contributed by atoms with E-state index in [4.69, 9.17) is 5.73 Å². The van der Waals surface area contributed by atoms with Crippen LogP contribution in [0.15, 0.2) is 0 Å². The number of carbonyl (C=O) groups is 1. The summed E-state index contributed by atoms with van der Waals surface area (Å²) in [5.41, 5.74) is 5.59. The zero-order valence-corrected chi connectivity index (χ0v) is 7.97. The fourth-order valence-electron chi connectivity index (χ4n) is 1.85. The van der Waals surface area contributed by atoms with Crippen molar-refractivity contribution >= 4 is 5.91 Å². The van der Waals surface area contributed by atoms with Crippen molar-refractivity contribution in [3.63, 3.8) is 0 Å². The monoisotopic (exact) mass is 170 g/mol. The average molecular weight is 170 g/mol. The maximum absolute atomic E-state index is 11.5. The molecule has 1 fully saturated rings. The van der Waals surface area contributed by atoms with E-state index >= 15 is 0 Å². The third-order valence-electron chi connectivity index (χ3n) is 2.79. The van der Waals surface area contributed by atoms with Crippen molar-refractivity contribution in [2.75, 3.05) is 13.1 Å². The normalized spacial score (nSPS) is 29.4. The molecular formula is C9H18N2O. The van der Waals surface area contributed by atoms with Gasteiger partial charge in [-0.15, -0.1) is 0 Å². The van der Waals surface area contributed by atoms with Crippen molar-refractivity contribution in [1.82, 2.24) is 4.90 Å². The van der Waals surface area contributed by atoms with Crippen LogP contribution in [-0.2, 0) is 4.79 Å². The van der Waals surface area contributed by atoms with Crippen molar-refractivity contribution in [3.8, 4) is 0 Å². The van der Waals surface area contributed by atoms with Crippen LogP contribution in [0.25, 0.3) is 0 Å². The summed E-state index contributed by atoms with van der Waals surface area (Å²) in [6.45, 7) is 5.45. The summed E-state index contributed by atoms with van der Waals surface area (Å²) in [5, 5.41) is 0. The maximum atomic E-state index is 11.5. The lowest BCUT2D eigenvalue weighted by molar-refractivity contribution is -0.134. The third kappa shape index (κ3) is 1.46. The standard InChI is InChI=1S/C9H18N2O/c1-3-8(12)11-6-4-5-9(11,2)7-10/h3-7,10H2,1-2H3. The number of hydrogen-bond donors (Lipinski definition) is 1. The van der Waals surface area contributed by atoms with Crippen molar-refractivity contribution in [2.24, 2.45) is 5.73 Å². The molecule has 0 aromatic carbocycles. The minimum Gasteiger partial charge on any atom is -0.336 e. The van der Waals surface area contributed by atoms with Gasteiger partial charge in [0.25, 0.3) is 0 Å². The van der Waals surface area contributed by atoms with E-state index in [9.17, 15) is 4.79 Å². The number of nitrogens with two attached hydrogens (primary N) is 1. The van der Waals surface area contributed by atoms with Crippen LogP contribution in [0.2, 0.25) is 0 Å². The van der Waals surface area contributed by atoms with Gasteiger partial charge in [0.05, 0.1) is 5.54 Å². The molecule has 0 saturated carbocycles. The summed E-state index contributed by atoms with van der Waals surface area (Å²) in [6.07, 6.45) is 2.74. The second kappa shape index (κ2) is 3.44. The van der Waals surface area contributed by atoms with E-state index in [1.54, 1.807) is 0 Å². The van der Waals surface area contributed by atoms with E-state index in [0.29, 0.717) is 13.0 Å². The maximum Gasteiger partial charge on any atom is 0.222 e. The number of carbonyl (C=O) groups excluding carboxylic acids is 1. The molecule has 1 aliphatic rings. The minimum atomic E-state index is -0.0624. The van der Waals surface area contributed by atoms with Crippen LogP contribution in [0.3, 0.4) is 0 Å². The lowest BCUT2D eigenvalue weighted by atomic mass is 9.99. The highest BCUT2D eigenvalue weighted by Gasteiger charge is 2.37. The van der Waals surface area contributed by atoms with E-state index in [1.165, 1.54) is 0 Å². The Morgan fingerprint density at radius 3 is 2.83 bits per heavy atom. The molecule has 0 bridgehead atoms. The first kappa shape index (κ1) is 9.52. The molecule has 1 heterocycles. The summed E-state index contributed by atoms with van der Waals surface area (Å²) in [6, 6.07) is 0. The molecule has 70 valence electrons. The minimum absolute atomic E-state index is 0.0624. The summed E-state index contributed by atoms with van der Waals surface area (Å²) < 4.78 is 0. The van der Waals surface area contributed by atoms with Crippen LogP contribution in [0.1, 0.15) is 33.1 Å². The molecule has 0 spiro atoms. The molecule has 1 saturated heterocycles. The fraction of sp³-hybridized carbons (Fsp3) is 0.889. The van der Waals surface area contributed by atoms with Crippen LogP contribution in [0.5, 0.6) is 0 Å². The quantitative estimate of drug-likeness (QED) is 0.664. The smallest absolute Gasteiger partial charge is 0.222 e. The number of nitrogens with zero attached hydrogens (tertiary/aromatic N) is 1. The topological polar surface area (TPSA) is 46.3 Å². The first-order valence-corrected chi connectivity index (χ1v) is 4.64. The van der Waals surface area contributed by atoms with Gasteiger partial charge in [-0.1, -0.05) is 6.92 Å². The molecule has 1 atom stereocenters. The lowest BCUT2D eigenvalue weighted by Crippen LogP contribution is -2.49. The Balaban J connectivity index is 2.69. The predicted molar refractivity (Wildman–Crippen MR) is 48.7 cm³/mol. The largest absolute Gasteiger partial charge is 0.336 e. The van der Waals surface area contributed by atoms with Gasteiger partial charge < -0.3 is 10.6 Å². The summed E-state index contributed by atoms with van der Waals surface area (Å²) in [4.78, 5) is 13.4. The van der Waals surface area contributed by atoms with Gasteiger partial charge in [-0.3, -0.25) is 4.79 Å². The molecule has 1 unspecified atom stereocenters. The van der Waals surface area contributed by atoms with Gasteiger partial charge in [0.1, 0.15) is 0 Å². The van der Waals surface area contributed by atoms with Gasteiger partial charge in [-0.2, -0.15) is 0 Å². The predicted octanol–water partition coefficient (Wildman–Crippen LogP) is 0.736. The van der Waals surface area contributed by atoms with Gasteiger partial charge in [-0.05, 0) is 19.8 Å². The van der Waals surface area contributed by atoms with Crippen LogP contribution in [-0.4, -0.2) is 29.4 Å². The van der Waals surface area contributed by atoms with Crippen LogP contribution >= 0.6 is 0 Å². The first-order valence-electron chi connectivity index (χ1n) is 4.64. The molecule has 3 nitrogen and oxygen atoms in total. The van der Waals surface area contributed by atoms with Gasteiger partial charge in [0.15, 0.2) is 0 Å². The van der Waals surface area contributed by atoms with E-state index < -0.39 is 0 Å². The summed E-state index contributed by atoms with van der Waals surface area (Å²) >= 11 is 0. The van der Waals surface area contributed by atoms with Crippen LogP contribution in [0.4, 0.5) is 0 Å². The SMILES string of the molecule is CCC(=O)N1CCCC1(C)CN. The van der Waals surface area contributed by atoms with E-state index in [2.05, 4.69) is 6.92 Å². The van der Waals surface area contributed by atoms with E-state index in [1.807, 2.05) is 11.8 Å². The number of amides is 1. The molecule has 12 heavy (non-hydrogen) atoms. The number of likely N-dealkylation sites (tertiary alicyclic amines) is 1. The number of hydrogen-bond acceptors (Lipinski definition) is 2. The Morgan fingerprint density at radius 1 is 1.67 bits per heavy atom. The molecule has 1 rings (SSSR count).